The molecule has 1 saturated heterocycles. The van der Waals surface area contributed by atoms with Gasteiger partial charge < -0.3 is 14.2 Å². The number of piperidine rings is 1. The topological polar surface area (TPSA) is 47.4 Å². The van der Waals surface area contributed by atoms with Gasteiger partial charge in [-0.15, -0.1) is 0 Å². The Kier molecular flexibility index (Phi) is 3.56. The van der Waals surface area contributed by atoms with Crippen molar-refractivity contribution in [2.75, 3.05) is 13.1 Å². The van der Waals surface area contributed by atoms with Crippen LogP contribution in [0.4, 0.5) is 0 Å². The van der Waals surface area contributed by atoms with Crippen LogP contribution in [0, 0.1) is 0 Å². The fourth-order valence-corrected chi connectivity index (χ4v) is 3.65. The monoisotopic (exact) mass is 311 g/mol. The van der Waals surface area contributed by atoms with Gasteiger partial charge in [-0.25, -0.2) is 4.98 Å². The van der Waals surface area contributed by atoms with Gasteiger partial charge in [0.25, 0.3) is 5.91 Å². The summed E-state index contributed by atoms with van der Waals surface area (Å²) in [6, 6.07) is 7.92. The Morgan fingerprint density at radius 2 is 2.04 bits per heavy atom. The molecule has 1 amide bonds. The minimum Gasteiger partial charge on any atom is -0.480 e. The summed E-state index contributed by atoms with van der Waals surface area (Å²) in [6.07, 6.45) is 6.10. The molecule has 5 heteroatoms. The third kappa shape index (κ3) is 2.60. The van der Waals surface area contributed by atoms with Crippen LogP contribution in [0.3, 0.4) is 0 Å². The number of hydrogen-bond donors (Lipinski definition) is 0. The lowest BCUT2D eigenvalue weighted by Gasteiger charge is -2.33. The molecule has 3 heterocycles. The molecule has 2 aromatic rings. The predicted octanol–water partition coefficient (Wildman–Crippen LogP) is 2.13. The molecule has 4 rings (SSSR count). The van der Waals surface area contributed by atoms with Crippen LogP contribution in [0.2, 0.25) is 0 Å². The summed E-state index contributed by atoms with van der Waals surface area (Å²) < 4.78 is 7.91. The molecule has 1 fully saturated rings. The van der Waals surface area contributed by atoms with Crippen LogP contribution in [0.15, 0.2) is 36.7 Å². The predicted molar refractivity (Wildman–Crippen MR) is 86.3 cm³/mol. The quantitative estimate of drug-likeness (QED) is 0.853. The summed E-state index contributed by atoms with van der Waals surface area (Å²) in [5.41, 5.74) is 1.13. The number of imidazole rings is 1. The van der Waals surface area contributed by atoms with E-state index >= 15 is 0 Å². The second-order valence-corrected chi connectivity index (χ2v) is 6.41. The van der Waals surface area contributed by atoms with E-state index in [1.165, 1.54) is 0 Å². The third-order valence-electron chi connectivity index (χ3n) is 4.95. The molecule has 1 atom stereocenters. The molecular formula is C18H21N3O2. The van der Waals surface area contributed by atoms with Crippen LogP contribution < -0.4 is 4.74 Å². The van der Waals surface area contributed by atoms with Crippen LogP contribution in [-0.2, 0) is 18.3 Å². The normalized spacial score (nSPS) is 21.1. The highest BCUT2D eigenvalue weighted by molar-refractivity contribution is 5.82. The summed E-state index contributed by atoms with van der Waals surface area (Å²) in [5, 5.41) is 0. The van der Waals surface area contributed by atoms with E-state index in [1.807, 2.05) is 48.6 Å². The van der Waals surface area contributed by atoms with Crippen LogP contribution in [0.5, 0.6) is 5.75 Å². The van der Waals surface area contributed by atoms with Gasteiger partial charge in [-0.3, -0.25) is 4.79 Å². The smallest absolute Gasteiger partial charge is 0.263 e. The number of aromatic nitrogens is 2. The van der Waals surface area contributed by atoms with Crippen LogP contribution in [-0.4, -0.2) is 39.6 Å². The Labute approximate surface area is 135 Å². The Morgan fingerprint density at radius 3 is 2.74 bits per heavy atom. The fourth-order valence-electron chi connectivity index (χ4n) is 3.65. The zero-order chi connectivity index (χ0) is 15.8. The van der Waals surface area contributed by atoms with Crippen molar-refractivity contribution in [1.29, 1.82) is 0 Å². The molecule has 1 aromatic carbocycles. The SMILES string of the molecule is Cn1ccnc1C1CCN(C(=O)[C@@H]2Cc3ccccc3O2)CC1. The molecule has 0 aliphatic carbocycles. The van der Waals surface area contributed by atoms with Crippen molar-refractivity contribution in [2.45, 2.75) is 31.3 Å². The van der Waals surface area contributed by atoms with E-state index in [0.717, 1.165) is 43.1 Å². The molecule has 1 aromatic heterocycles. The number of fused-ring (bicyclic) bond motifs is 1. The van der Waals surface area contributed by atoms with E-state index in [4.69, 9.17) is 4.74 Å². The summed E-state index contributed by atoms with van der Waals surface area (Å²) in [6.45, 7) is 1.57. The first-order valence-electron chi connectivity index (χ1n) is 8.23. The van der Waals surface area contributed by atoms with Gasteiger partial charge in [0.15, 0.2) is 6.10 Å². The van der Waals surface area contributed by atoms with Crippen molar-refractivity contribution in [3.63, 3.8) is 0 Å². The van der Waals surface area contributed by atoms with E-state index < -0.39 is 0 Å². The lowest BCUT2D eigenvalue weighted by molar-refractivity contribution is -0.139. The number of rotatable bonds is 2. The molecule has 2 aliphatic rings. The molecule has 5 nitrogen and oxygen atoms in total. The lowest BCUT2D eigenvalue weighted by Crippen LogP contribution is -2.45. The van der Waals surface area contributed by atoms with Gasteiger partial charge in [-0.1, -0.05) is 18.2 Å². The van der Waals surface area contributed by atoms with Crippen LogP contribution in [0.1, 0.15) is 30.1 Å². The number of hydrogen-bond acceptors (Lipinski definition) is 3. The zero-order valence-electron chi connectivity index (χ0n) is 13.3. The molecule has 0 radical (unpaired) electrons. The van der Waals surface area contributed by atoms with Gasteiger partial charge in [-0.2, -0.15) is 0 Å². The number of aryl methyl sites for hydroxylation is 1. The van der Waals surface area contributed by atoms with Gasteiger partial charge in [0, 0.05) is 44.9 Å². The maximum Gasteiger partial charge on any atom is 0.263 e. The number of nitrogens with zero attached hydrogens (tertiary/aromatic N) is 3. The Hall–Kier alpha value is -2.30. The first-order valence-corrected chi connectivity index (χ1v) is 8.23. The molecule has 23 heavy (non-hydrogen) atoms. The molecule has 0 spiro atoms. The lowest BCUT2D eigenvalue weighted by atomic mass is 9.95. The second kappa shape index (κ2) is 5.72. The average Bonchev–Trinajstić information content (AvgIpc) is 3.20. The molecule has 0 bridgehead atoms. The number of likely N-dealkylation sites (tertiary alicyclic amines) is 1. The van der Waals surface area contributed by atoms with Crippen molar-refractivity contribution in [3.05, 3.63) is 48.0 Å². The molecule has 0 N–H and O–H groups in total. The number of amides is 1. The van der Waals surface area contributed by atoms with Crippen molar-refractivity contribution in [3.8, 4) is 5.75 Å². The minimum atomic E-state index is -0.350. The van der Waals surface area contributed by atoms with E-state index in [-0.39, 0.29) is 12.0 Å². The van der Waals surface area contributed by atoms with Gasteiger partial charge in [0.2, 0.25) is 0 Å². The number of benzene rings is 1. The Morgan fingerprint density at radius 1 is 1.26 bits per heavy atom. The molecule has 120 valence electrons. The zero-order valence-corrected chi connectivity index (χ0v) is 13.3. The van der Waals surface area contributed by atoms with Gasteiger partial charge in [-0.05, 0) is 24.5 Å². The van der Waals surface area contributed by atoms with E-state index in [9.17, 15) is 4.79 Å². The summed E-state index contributed by atoms with van der Waals surface area (Å²) >= 11 is 0. The van der Waals surface area contributed by atoms with E-state index in [0.29, 0.717) is 12.3 Å². The largest absolute Gasteiger partial charge is 0.480 e. The van der Waals surface area contributed by atoms with Crippen molar-refractivity contribution < 1.29 is 9.53 Å². The minimum absolute atomic E-state index is 0.125. The summed E-state index contributed by atoms with van der Waals surface area (Å²) in [5.74, 6) is 2.55. The highest BCUT2D eigenvalue weighted by Gasteiger charge is 2.34. The second-order valence-electron chi connectivity index (χ2n) is 6.41. The standard InChI is InChI=1S/C18H21N3O2/c1-20-11-8-19-17(20)13-6-9-21(10-7-13)18(22)16-12-14-4-2-3-5-15(14)23-16/h2-5,8,11,13,16H,6-7,9-10,12H2,1H3/t16-/m0/s1. The number of ether oxygens (including phenoxy) is 1. The van der Waals surface area contributed by atoms with Crippen molar-refractivity contribution >= 4 is 5.91 Å². The van der Waals surface area contributed by atoms with Gasteiger partial charge >= 0.3 is 0 Å². The third-order valence-corrected chi connectivity index (χ3v) is 4.95. The number of para-hydroxylation sites is 1. The molecule has 0 saturated carbocycles. The highest BCUT2D eigenvalue weighted by Crippen LogP contribution is 2.31. The van der Waals surface area contributed by atoms with E-state index in [2.05, 4.69) is 9.55 Å². The molecule has 2 aliphatic heterocycles. The highest BCUT2D eigenvalue weighted by atomic mass is 16.5. The fraction of sp³-hybridized carbons (Fsp3) is 0.444. The summed E-state index contributed by atoms with van der Waals surface area (Å²) in [4.78, 5) is 19.1. The first kappa shape index (κ1) is 14.3. The Bertz CT molecular complexity index is 692. The maximum atomic E-state index is 12.7. The van der Waals surface area contributed by atoms with Crippen molar-refractivity contribution in [2.24, 2.45) is 7.05 Å². The van der Waals surface area contributed by atoms with Gasteiger partial charge in [0.1, 0.15) is 11.6 Å². The molecular weight excluding hydrogens is 290 g/mol. The van der Waals surface area contributed by atoms with E-state index in [1.54, 1.807) is 0 Å². The number of carbonyl (C=O) groups excluding carboxylic acids is 1. The molecule has 0 unspecified atom stereocenters. The van der Waals surface area contributed by atoms with Crippen LogP contribution >= 0.6 is 0 Å². The van der Waals surface area contributed by atoms with Crippen molar-refractivity contribution in [1.82, 2.24) is 14.5 Å². The van der Waals surface area contributed by atoms with Crippen LogP contribution in [0.25, 0.3) is 0 Å². The summed E-state index contributed by atoms with van der Waals surface area (Å²) in [7, 11) is 2.03. The number of carbonyl (C=O) groups is 1. The van der Waals surface area contributed by atoms with Gasteiger partial charge in [0.05, 0.1) is 0 Å². The Balaban J connectivity index is 1.38. The first-order chi connectivity index (χ1) is 11.2. The average molecular weight is 311 g/mol. The maximum absolute atomic E-state index is 12.7.